The van der Waals surface area contributed by atoms with E-state index in [4.69, 9.17) is 0 Å². The van der Waals surface area contributed by atoms with Crippen molar-refractivity contribution in [2.24, 2.45) is 0 Å². The molecule has 1 aromatic rings. The van der Waals surface area contributed by atoms with Gasteiger partial charge in [-0.1, -0.05) is 36.2 Å². The highest BCUT2D eigenvalue weighted by Gasteiger charge is 2.28. The number of nitrogens with one attached hydrogen (secondary N) is 1. The fourth-order valence-corrected chi connectivity index (χ4v) is 3.68. The Kier molecular flexibility index (Phi) is 6.14. The average molecular weight is 358 g/mol. The zero-order valence-corrected chi connectivity index (χ0v) is 15.9. The van der Waals surface area contributed by atoms with Crippen LogP contribution in [0.15, 0.2) is 24.3 Å². The van der Waals surface area contributed by atoms with Crippen molar-refractivity contribution < 1.29 is 9.59 Å². The normalized spacial score (nSPS) is 21.8. The molecule has 26 heavy (non-hydrogen) atoms. The molecule has 1 N–H and O–H groups in total. The Hall–Kier alpha value is -2.08. The van der Waals surface area contributed by atoms with Crippen molar-refractivity contribution in [3.05, 3.63) is 35.4 Å². The van der Waals surface area contributed by atoms with Gasteiger partial charge in [-0.25, -0.2) is 4.79 Å². The van der Waals surface area contributed by atoms with Gasteiger partial charge in [0.2, 0.25) is 5.91 Å². The molecule has 0 aliphatic carbocycles. The van der Waals surface area contributed by atoms with Gasteiger partial charge in [0.05, 0.1) is 0 Å². The van der Waals surface area contributed by atoms with E-state index in [1.165, 1.54) is 18.4 Å². The third kappa shape index (κ3) is 4.75. The van der Waals surface area contributed by atoms with Crippen LogP contribution in [0, 0.1) is 6.92 Å². The quantitative estimate of drug-likeness (QED) is 0.893. The summed E-state index contributed by atoms with van der Waals surface area (Å²) in [6, 6.07) is 8.53. The Morgan fingerprint density at radius 2 is 1.92 bits per heavy atom. The van der Waals surface area contributed by atoms with Gasteiger partial charge in [0.1, 0.15) is 6.54 Å². The number of piperidine rings is 1. The molecule has 2 saturated heterocycles. The van der Waals surface area contributed by atoms with Crippen molar-refractivity contribution in [3.8, 4) is 0 Å². The first kappa shape index (κ1) is 18.7. The van der Waals surface area contributed by atoms with Gasteiger partial charge in [-0.2, -0.15) is 0 Å². The standard InChI is InChI=1S/C20H30N4O2/c1-16-6-8-17(9-7-16)14-23-11-12-24(15-19(23)25)20(26)21-13-18-5-3-4-10-22(18)2/h6-9,18H,3-5,10-15H2,1-2H3,(H,21,26)/t18-/m1/s1. The molecule has 2 aliphatic heterocycles. The van der Waals surface area contributed by atoms with Crippen molar-refractivity contribution in [2.75, 3.05) is 39.8 Å². The van der Waals surface area contributed by atoms with Gasteiger partial charge in [-0.15, -0.1) is 0 Å². The van der Waals surface area contributed by atoms with Crippen LogP contribution in [0.5, 0.6) is 0 Å². The number of carbonyl (C=O) groups excluding carboxylic acids is 2. The fourth-order valence-electron chi connectivity index (χ4n) is 3.68. The SMILES string of the molecule is Cc1ccc(CN2CCN(C(=O)NC[C@H]3CCCCN3C)CC2=O)cc1. The number of rotatable bonds is 4. The summed E-state index contributed by atoms with van der Waals surface area (Å²) in [5, 5.41) is 3.02. The summed E-state index contributed by atoms with van der Waals surface area (Å²) in [6.45, 7) is 5.76. The second-order valence-electron chi connectivity index (χ2n) is 7.54. The first-order chi connectivity index (χ1) is 12.5. The number of likely N-dealkylation sites (N-methyl/N-ethyl adjacent to an activating group) is 1. The maximum absolute atomic E-state index is 12.4. The molecule has 0 spiro atoms. The van der Waals surface area contributed by atoms with Crippen LogP contribution in [0.2, 0.25) is 0 Å². The predicted molar refractivity (Wildman–Crippen MR) is 102 cm³/mol. The number of piperazine rings is 1. The van der Waals surface area contributed by atoms with Gasteiger partial charge in [0, 0.05) is 32.2 Å². The third-order valence-corrected chi connectivity index (χ3v) is 5.51. The van der Waals surface area contributed by atoms with Crippen molar-refractivity contribution in [1.29, 1.82) is 0 Å². The summed E-state index contributed by atoms with van der Waals surface area (Å²) in [5.41, 5.74) is 2.34. The van der Waals surface area contributed by atoms with Gasteiger partial charge in [0.15, 0.2) is 0 Å². The Labute approximate surface area is 156 Å². The van der Waals surface area contributed by atoms with Crippen molar-refractivity contribution >= 4 is 11.9 Å². The van der Waals surface area contributed by atoms with Crippen LogP contribution in [-0.2, 0) is 11.3 Å². The molecule has 3 amide bonds. The lowest BCUT2D eigenvalue weighted by molar-refractivity contribution is -0.135. The molecule has 0 unspecified atom stereocenters. The summed E-state index contributed by atoms with van der Waals surface area (Å²) < 4.78 is 0. The molecule has 3 rings (SSSR count). The lowest BCUT2D eigenvalue weighted by atomic mass is 10.0. The summed E-state index contributed by atoms with van der Waals surface area (Å²) >= 11 is 0. The van der Waals surface area contributed by atoms with Gasteiger partial charge in [-0.05, 0) is 38.9 Å². The number of hydrogen-bond acceptors (Lipinski definition) is 3. The largest absolute Gasteiger partial charge is 0.336 e. The second-order valence-corrected chi connectivity index (χ2v) is 7.54. The summed E-state index contributed by atoms with van der Waals surface area (Å²) in [7, 11) is 2.11. The van der Waals surface area contributed by atoms with Crippen LogP contribution in [-0.4, -0.2) is 72.5 Å². The molecule has 0 bridgehead atoms. The third-order valence-electron chi connectivity index (χ3n) is 5.51. The van der Waals surface area contributed by atoms with E-state index in [9.17, 15) is 9.59 Å². The molecule has 2 heterocycles. The van der Waals surface area contributed by atoms with E-state index >= 15 is 0 Å². The van der Waals surface area contributed by atoms with Gasteiger partial charge in [0.25, 0.3) is 0 Å². The monoisotopic (exact) mass is 358 g/mol. The molecule has 1 aromatic carbocycles. The lowest BCUT2D eigenvalue weighted by Crippen LogP contribution is -2.55. The molecular weight excluding hydrogens is 328 g/mol. The lowest BCUT2D eigenvalue weighted by Gasteiger charge is -2.36. The second kappa shape index (κ2) is 8.54. The molecule has 1 atom stereocenters. The van der Waals surface area contributed by atoms with Crippen LogP contribution in [0.3, 0.4) is 0 Å². The van der Waals surface area contributed by atoms with Gasteiger partial charge in [-0.3, -0.25) is 4.79 Å². The smallest absolute Gasteiger partial charge is 0.317 e. The van der Waals surface area contributed by atoms with E-state index in [1.54, 1.807) is 4.90 Å². The zero-order chi connectivity index (χ0) is 18.5. The molecule has 6 heteroatoms. The Balaban J connectivity index is 1.46. The van der Waals surface area contributed by atoms with E-state index < -0.39 is 0 Å². The van der Waals surface area contributed by atoms with Crippen LogP contribution >= 0.6 is 0 Å². The number of hydrogen-bond donors (Lipinski definition) is 1. The topological polar surface area (TPSA) is 55.9 Å². The van der Waals surface area contributed by atoms with E-state index in [1.807, 2.05) is 4.90 Å². The van der Waals surface area contributed by atoms with Crippen molar-refractivity contribution in [2.45, 2.75) is 38.8 Å². The predicted octanol–water partition coefficient (Wildman–Crippen LogP) is 1.83. The molecule has 142 valence electrons. The molecule has 2 fully saturated rings. The molecule has 0 radical (unpaired) electrons. The van der Waals surface area contributed by atoms with Crippen LogP contribution in [0.4, 0.5) is 4.79 Å². The number of aryl methyl sites for hydroxylation is 1. The van der Waals surface area contributed by atoms with E-state index in [2.05, 4.69) is 48.5 Å². The summed E-state index contributed by atoms with van der Waals surface area (Å²) in [6.07, 6.45) is 3.58. The molecule has 0 aromatic heterocycles. The number of carbonyl (C=O) groups is 2. The minimum Gasteiger partial charge on any atom is -0.336 e. The minimum atomic E-state index is -0.118. The fraction of sp³-hybridized carbons (Fsp3) is 0.600. The van der Waals surface area contributed by atoms with Crippen LogP contribution in [0.25, 0.3) is 0 Å². The average Bonchev–Trinajstić information content (AvgIpc) is 2.64. The molecule has 6 nitrogen and oxygen atoms in total. The number of amides is 3. The van der Waals surface area contributed by atoms with E-state index in [0.29, 0.717) is 32.2 Å². The highest BCUT2D eigenvalue weighted by Crippen LogP contribution is 2.14. The summed E-state index contributed by atoms with van der Waals surface area (Å²) in [5.74, 6) is 0.0155. The number of likely N-dealkylation sites (tertiary alicyclic amines) is 1. The number of urea groups is 1. The molecular formula is C20H30N4O2. The number of nitrogens with zero attached hydrogens (tertiary/aromatic N) is 3. The zero-order valence-electron chi connectivity index (χ0n) is 15.9. The highest BCUT2D eigenvalue weighted by atomic mass is 16.2. The van der Waals surface area contributed by atoms with Gasteiger partial charge >= 0.3 is 6.03 Å². The Morgan fingerprint density at radius 3 is 2.62 bits per heavy atom. The number of benzene rings is 1. The maximum atomic E-state index is 12.4. The first-order valence-corrected chi connectivity index (χ1v) is 9.59. The van der Waals surface area contributed by atoms with E-state index in [0.717, 1.165) is 18.5 Å². The minimum absolute atomic E-state index is 0.0155. The summed E-state index contributed by atoms with van der Waals surface area (Å²) in [4.78, 5) is 30.6. The first-order valence-electron chi connectivity index (χ1n) is 9.59. The molecule has 2 aliphatic rings. The van der Waals surface area contributed by atoms with Crippen molar-refractivity contribution in [1.82, 2.24) is 20.0 Å². The Morgan fingerprint density at radius 1 is 1.15 bits per heavy atom. The van der Waals surface area contributed by atoms with Crippen LogP contribution in [0.1, 0.15) is 30.4 Å². The molecule has 0 saturated carbocycles. The highest BCUT2D eigenvalue weighted by molar-refractivity contribution is 5.85. The Bertz CT molecular complexity index is 631. The maximum Gasteiger partial charge on any atom is 0.317 e. The van der Waals surface area contributed by atoms with Crippen LogP contribution < -0.4 is 5.32 Å². The van der Waals surface area contributed by atoms with E-state index in [-0.39, 0.29) is 18.5 Å². The van der Waals surface area contributed by atoms with Crippen molar-refractivity contribution in [3.63, 3.8) is 0 Å². The van der Waals surface area contributed by atoms with Gasteiger partial charge < -0.3 is 20.0 Å².